The van der Waals surface area contributed by atoms with E-state index in [9.17, 15) is 9.59 Å². The van der Waals surface area contributed by atoms with E-state index in [2.05, 4.69) is 5.32 Å². The summed E-state index contributed by atoms with van der Waals surface area (Å²) >= 11 is 5.99. The van der Waals surface area contributed by atoms with E-state index in [0.717, 1.165) is 11.1 Å². The monoisotopic (exact) mass is 431 g/mol. The number of hydrogen-bond donors (Lipinski definition) is 1. The molecule has 1 aromatic heterocycles. The number of ether oxygens (including phenoxy) is 1. The molecular formula is C25H18ClNO4. The maximum absolute atomic E-state index is 13.4. The Morgan fingerprint density at radius 3 is 2.45 bits per heavy atom. The molecule has 6 heteroatoms. The number of benzene rings is 2. The van der Waals surface area contributed by atoms with Gasteiger partial charge >= 0.3 is 5.97 Å². The normalized spacial score (nSPS) is 17.4. The van der Waals surface area contributed by atoms with Crippen LogP contribution in [0, 0.1) is 0 Å². The summed E-state index contributed by atoms with van der Waals surface area (Å²) < 4.78 is 11.2. The molecular weight excluding hydrogens is 414 g/mol. The number of carbonyl (C=O) groups is 2. The molecule has 0 saturated heterocycles. The van der Waals surface area contributed by atoms with Crippen LogP contribution >= 0.6 is 11.6 Å². The van der Waals surface area contributed by atoms with Crippen LogP contribution in [0.25, 0.3) is 17.0 Å². The van der Waals surface area contributed by atoms with E-state index in [1.165, 1.54) is 7.11 Å². The Hall–Kier alpha value is -3.57. The van der Waals surface area contributed by atoms with Crippen LogP contribution in [-0.4, -0.2) is 18.9 Å². The van der Waals surface area contributed by atoms with E-state index in [1.807, 2.05) is 36.4 Å². The summed E-state index contributed by atoms with van der Waals surface area (Å²) in [6, 6.07) is 18.3. The lowest BCUT2D eigenvalue weighted by molar-refractivity contribution is -0.136. The van der Waals surface area contributed by atoms with Gasteiger partial charge in [-0.25, -0.2) is 4.79 Å². The van der Waals surface area contributed by atoms with Gasteiger partial charge in [0.2, 0.25) is 0 Å². The van der Waals surface area contributed by atoms with Gasteiger partial charge in [-0.3, -0.25) is 4.79 Å². The predicted octanol–water partition coefficient (Wildman–Crippen LogP) is 5.34. The van der Waals surface area contributed by atoms with E-state index in [4.69, 9.17) is 20.8 Å². The van der Waals surface area contributed by atoms with Crippen molar-refractivity contribution in [2.75, 3.05) is 7.11 Å². The number of esters is 1. The van der Waals surface area contributed by atoms with Crippen LogP contribution in [0.15, 0.2) is 81.9 Å². The van der Waals surface area contributed by atoms with Crippen LogP contribution in [0.1, 0.15) is 34.5 Å². The fourth-order valence-corrected chi connectivity index (χ4v) is 4.40. The molecule has 31 heavy (non-hydrogen) atoms. The van der Waals surface area contributed by atoms with Gasteiger partial charge in [-0.1, -0.05) is 35.9 Å². The van der Waals surface area contributed by atoms with Gasteiger partial charge < -0.3 is 14.5 Å². The number of allylic oxidation sites excluding steroid dienone is 2. The molecule has 5 nitrogen and oxygen atoms in total. The quantitative estimate of drug-likeness (QED) is 0.567. The SMILES string of the molecule is COC(=O)C1=C(C)NC2=C(C(=O)c3ccccc32)[C@H]1c1ccc(-c2ccc(Cl)cc2)o1. The standard InChI is InChI=1S/C25H18ClNO4/c1-13-20(25(29)30-2)21(19-12-11-18(31-19)14-7-9-15(26)10-8-14)22-23(27-13)16-5-3-4-6-17(16)24(22)28/h3-12,21,27H,1-2H3/t21-/m0/s1. The average molecular weight is 432 g/mol. The number of methoxy groups -OCH3 is 1. The molecule has 1 aliphatic heterocycles. The van der Waals surface area contributed by atoms with Gasteiger partial charge in [0.05, 0.1) is 24.3 Å². The molecule has 0 radical (unpaired) electrons. The minimum atomic E-state index is -0.676. The maximum Gasteiger partial charge on any atom is 0.336 e. The number of carbonyl (C=O) groups excluding carboxylic acids is 2. The third-order valence-corrected chi connectivity index (χ3v) is 5.95. The number of Topliss-reactive ketones (excluding diaryl/α,β-unsaturated/α-hetero) is 1. The Balaban J connectivity index is 1.67. The van der Waals surface area contributed by atoms with Crippen molar-refractivity contribution in [3.8, 4) is 11.3 Å². The molecule has 1 N–H and O–H groups in total. The molecule has 1 atom stereocenters. The van der Waals surface area contributed by atoms with Crippen molar-refractivity contribution in [2.24, 2.45) is 0 Å². The summed E-state index contributed by atoms with van der Waals surface area (Å²) in [4.78, 5) is 26.1. The number of halogens is 1. The number of nitrogens with one attached hydrogen (secondary N) is 1. The average Bonchev–Trinajstić information content (AvgIpc) is 3.37. The highest BCUT2D eigenvalue weighted by molar-refractivity contribution is 6.30. The molecule has 2 aliphatic rings. The topological polar surface area (TPSA) is 68.5 Å². The van der Waals surface area contributed by atoms with Crippen molar-refractivity contribution in [2.45, 2.75) is 12.8 Å². The number of ketones is 1. The molecule has 0 fully saturated rings. The Morgan fingerprint density at radius 1 is 1.03 bits per heavy atom. The Kier molecular flexibility index (Phi) is 4.56. The van der Waals surface area contributed by atoms with Crippen molar-refractivity contribution in [3.05, 3.63) is 99.4 Å². The lowest BCUT2D eigenvalue weighted by Gasteiger charge is -2.27. The third-order valence-electron chi connectivity index (χ3n) is 5.69. The van der Waals surface area contributed by atoms with Crippen molar-refractivity contribution >= 4 is 29.1 Å². The number of dihydropyridines is 1. The van der Waals surface area contributed by atoms with E-state index < -0.39 is 11.9 Å². The van der Waals surface area contributed by atoms with Crippen LogP contribution in [0.2, 0.25) is 5.02 Å². The van der Waals surface area contributed by atoms with Gasteiger partial charge in [0.15, 0.2) is 5.78 Å². The predicted molar refractivity (Wildman–Crippen MR) is 117 cm³/mol. The zero-order valence-corrected chi connectivity index (χ0v) is 17.6. The van der Waals surface area contributed by atoms with Gasteiger partial charge in [-0.2, -0.15) is 0 Å². The number of rotatable bonds is 3. The molecule has 0 unspecified atom stereocenters. The zero-order chi connectivity index (χ0) is 21.7. The Labute approximate surface area is 184 Å². The number of fused-ring (bicyclic) bond motifs is 2. The molecule has 0 spiro atoms. The van der Waals surface area contributed by atoms with Crippen LogP contribution in [0.5, 0.6) is 0 Å². The summed E-state index contributed by atoms with van der Waals surface area (Å²) in [6.45, 7) is 1.80. The molecule has 1 aliphatic carbocycles. The summed E-state index contributed by atoms with van der Waals surface area (Å²) in [5, 5.41) is 3.89. The van der Waals surface area contributed by atoms with Crippen molar-refractivity contribution in [1.29, 1.82) is 0 Å². The first kappa shape index (κ1) is 19.4. The summed E-state index contributed by atoms with van der Waals surface area (Å²) in [6.07, 6.45) is 0. The second-order valence-corrected chi connectivity index (χ2v) is 7.90. The van der Waals surface area contributed by atoms with Gasteiger partial charge in [-0.05, 0) is 43.3 Å². The summed E-state index contributed by atoms with van der Waals surface area (Å²) in [5.41, 5.74) is 4.46. The van der Waals surface area contributed by atoms with Crippen LogP contribution < -0.4 is 5.32 Å². The summed E-state index contributed by atoms with van der Waals surface area (Å²) in [5.74, 6) is -0.183. The molecule has 0 amide bonds. The van der Waals surface area contributed by atoms with Crippen molar-refractivity contribution < 1.29 is 18.7 Å². The zero-order valence-electron chi connectivity index (χ0n) is 16.9. The second kappa shape index (κ2) is 7.29. The second-order valence-electron chi connectivity index (χ2n) is 7.46. The highest BCUT2D eigenvalue weighted by atomic mass is 35.5. The van der Waals surface area contributed by atoms with Gasteiger partial charge in [-0.15, -0.1) is 0 Å². The highest BCUT2D eigenvalue weighted by Crippen LogP contribution is 2.47. The molecule has 0 saturated carbocycles. The van der Waals surface area contributed by atoms with Crippen LogP contribution in [0.4, 0.5) is 0 Å². The van der Waals surface area contributed by atoms with Crippen molar-refractivity contribution in [3.63, 3.8) is 0 Å². The smallest absolute Gasteiger partial charge is 0.336 e. The van der Waals surface area contributed by atoms with E-state index >= 15 is 0 Å². The molecule has 2 aromatic carbocycles. The maximum atomic E-state index is 13.4. The Morgan fingerprint density at radius 2 is 1.74 bits per heavy atom. The molecule has 0 bridgehead atoms. The minimum Gasteiger partial charge on any atom is -0.466 e. The molecule has 3 aromatic rings. The van der Waals surface area contributed by atoms with E-state index in [-0.39, 0.29) is 5.78 Å². The van der Waals surface area contributed by atoms with Crippen molar-refractivity contribution in [1.82, 2.24) is 5.32 Å². The van der Waals surface area contributed by atoms with Crippen LogP contribution in [0.3, 0.4) is 0 Å². The summed E-state index contributed by atoms with van der Waals surface area (Å²) in [7, 11) is 1.33. The Bertz CT molecular complexity index is 1300. The number of furan rings is 1. The number of hydrogen-bond acceptors (Lipinski definition) is 5. The lowest BCUT2D eigenvalue weighted by atomic mass is 9.83. The largest absolute Gasteiger partial charge is 0.466 e. The lowest BCUT2D eigenvalue weighted by Crippen LogP contribution is -2.28. The fourth-order valence-electron chi connectivity index (χ4n) is 4.27. The first-order chi connectivity index (χ1) is 15.0. The third kappa shape index (κ3) is 3.01. The van der Waals surface area contributed by atoms with Gasteiger partial charge in [0.25, 0.3) is 0 Å². The minimum absolute atomic E-state index is 0.124. The van der Waals surface area contributed by atoms with Gasteiger partial charge in [0, 0.05) is 33.0 Å². The highest BCUT2D eigenvalue weighted by Gasteiger charge is 2.44. The molecule has 154 valence electrons. The first-order valence-electron chi connectivity index (χ1n) is 9.79. The molecule has 2 heterocycles. The van der Waals surface area contributed by atoms with E-state index in [1.54, 1.807) is 31.2 Å². The fraction of sp³-hybridized carbons (Fsp3) is 0.120. The van der Waals surface area contributed by atoms with E-state index in [0.29, 0.717) is 44.6 Å². The molecule has 5 rings (SSSR count). The van der Waals surface area contributed by atoms with Gasteiger partial charge in [0.1, 0.15) is 11.5 Å². The van der Waals surface area contributed by atoms with Crippen LogP contribution in [-0.2, 0) is 9.53 Å². The first-order valence-corrected chi connectivity index (χ1v) is 10.2.